The first-order valence-corrected chi connectivity index (χ1v) is 6.54. The van der Waals surface area contributed by atoms with Crippen molar-refractivity contribution < 1.29 is 8.42 Å². The summed E-state index contributed by atoms with van der Waals surface area (Å²) in [5.74, 6) is -0.151. The number of hydrogen-bond donors (Lipinski definition) is 1. The second-order valence-corrected chi connectivity index (χ2v) is 5.35. The molecule has 0 aliphatic rings. The maximum absolute atomic E-state index is 10.7. The molecule has 1 aromatic rings. The van der Waals surface area contributed by atoms with Crippen LogP contribution in [0.1, 0.15) is 24.0 Å². The molecule has 74 valence electrons. The highest BCUT2D eigenvalue weighted by atomic mass is 32.2. The molecule has 0 aliphatic heterocycles. The molecule has 0 saturated carbocycles. The van der Waals surface area contributed by atoms with Crippen molar-refractivity contribution in [1.82, 2.24) is 4.98 Å². The predicted octanol–water partition coefficient (Wildman–Crippen LogP) is 0.884. The number of aryl methyl sites for hydroxylation is 1. The second-order valence-electron chi connectivity index (χ2n) is 2.79. The van der Waals surface area contributed by atoms with E-state index >= 15 is 0 Å². The van der Waals surface area contributed by atoms with Crippen LogP contribution in [0.2, 0.25) is 0 Å². The molecule has 1 heterocycles. The maximum Gasteiger partial charge on any atom is 0.215 e. The van der Waals surface area contributed by atoms with Gasteiger partial charge in [-0.25, -0.2) is 18.5 Å². The molecular weight excluding hydrogens is 208 g/mol. The molecular formula is C7H12N2O2S2. The number of nitrogens with zero attached hydrogens (tertiary/aromatic N) is 1. The van der Waals surface area contributed by atoms with Crippen LogP contribution in [0.25, 0.3) is 0 Å². The summed E-state index contributed by atoms with van der Waals surface area (Å²) in [6.07, 6.45) is 1.90. The van der Waals surface area contributed by atoms with E-state index in [-0.39, 0.29) is 5.75 Å². The third kappa shape index (κ3) is 3.84. The van der Waals surface area contributed by atoms with Gasteiger partial charge in [0.25, 0.3) is 0 Å². The van der Waals surface area contributed by atoms with E-state index in [2.05, 4.69) is 11.9 Å². The number of rotatable bonds is 4. The number of primary sulfonamides is 1. The van der Waals surface area contributed by atoms with E-state index in [1.54, 1.807) is 0 Å². The first-order chi connectivity index (χ1) is 6.01. The lowest BCUT2D eigenvalue weighted by Gasteiger charge is -1.92. The molecule has 2 N–H and O–H groups in total. The fourth-order valence-corrected chi connectivity index (χ4v) is 2.74. The second kappa shape index (κ2) is 4.17. The van der Waals surface area contributed by atoms with Gasteiger partial charge in [-0.3, -0.25) is 0 Å². The molecule has 4 nitrogen and oxygen atoms in total. The minimum absolute atomic E-state index is 0.151. The molecule has 0 spiro atoms. The Morgan fingerprint density at radius 1 is 1.62 bits per heavy atom. The Bertz CT molecular complexity index is 370. The van der Waals surface area contributed by atoms with Crippen molar-refractivity contribution in [2.24, 2.45) is 5.14 Å². The molecule has 1 aromatic heterocycles. The normalized spacial score (nSPS) is 11.8. The average molecular weight is 220 g/mol. The fourth-order valence-electron chi connectivity index (χ4n) is 0.958. The quantitative estimate of drug-likeness (QED) is 0.818. The summed E-state index contributed by atoms with van der Waals surface area (Å²) in [7, 11) is -3.43. The Morgan fingerprint density at radius 3 is 2.85 bits per heavy atom. The topological polar surface area (TPSA) is 73.1 Å². The molecule has 0 saturated heterocycles. The van der Waals surface area contributed by atoms with Gasteiger partial charge in [-0.1, -0.05) is 13.3 Å². The van der Waals surface area contributed by atoms with Crippen molar-refractivity contribution in [3.63, 3.8) is 0 Å². The maximum atomic E-state index is 10.7. The lowest BCUT2D eigenvalue weighted by Crippen LogP contribution is -2.14. The van der Waals surface area contributed by atoms with Crippen molar-refractivity contribution >= 4 is 21.4 Å². The van der Waals surface area contributed by atoms with E-state index in [1.807, 2.05) is 5.38 Å². The SMILES string of the molecule is CCCc1csc(CS(N)(=O)=O)n1. The van der Waals surface area contributed by atoms with Crippen LogP contribution >= 0.6 is 11.3 Å². The van der Waals surface area contributed by atoms with Gasteiger partial charge in [-0.2, -0.15) is 0 Å². The Balaban J connectivity index is 2.69. The first-order valence-electron chi connectivity index (χ1n) is 3.95. The molecule has 0 atom stereocenters. The van der Waals surface area contributed by atoms with E-state index in [9.17, 15) is 8.42 Å². The summed E-state index contributed by atoms with van der Waals surface area (Å²) in [5, 5.41) is 7.34. The van der Waals surface area contributed by atoms with E-state index in [0.717, 1.165) is 18.5 Å². The summed E-state index contributed by atoms with van der Waals surface area (Å²) in [6.45, 7) is 2.05. The van der Waals surface area contributed by atoms with Gasteiger partial charge >= 0.3 is 0 Å². The molecule has 0 bridgehead atoms. The van der Waals surface area contributed by atoms with Crippen LogP contribution < -0.4 is 5.14 Å². The van der Waals surface area contributed by atoms with Crippen molar-refractivity contribution in [2.75, 3.05) is 0 Å². The minimum atomic E-state index is -3.43. The zero-order valence-electron chi connectivity index (χ0n) is 7.36. The van der Waals surface area contributed by atoms with Crippen molar-refractivity contribution in [3.8, 4) is 0 Å². The third-order valence-electron chi connectivity index (χ3n) is 1.43. The van der Waals surface area contributed by atoms with Crippen molar-refractivity contribution in [1.29, 1.82) is 0 Å². The minimum Gasteiger partial charge on any atom is -0.245 e. The highest BCUT2D eigenvalue weighted by molar-refractivity contribution is 7.88. The smallest absolute Gasteiger partial charge is 0.215 e. The molecule has 0 radical (unpaired) electrons. The molecule has 13 heavy (non-hydrogen) atoms. The first kappa shape index (κ1) is 10.6. The summed E-state index contributed by atoms with van der Waals surface area (Å²) in [4.78, 5) is 4.14. The van der Waals surface area contributed by atoms with E-state index in [4.69, 9.17) is 5.14 Å². The van der Waals surface area contributed by atoms with Gasteiger partial charge in [-0.05, 0) is 6.42 Å². The van der Waals surface area contributed by atoms with Gasteiger partial charge in [0.1, 0.15) is 10.8 Å². The summed E-state index contributed by atoms with van der Waals surface area (Å²) < 4.78 is 21.4. The fraction of sp³-hybridized carbons (Fsp3) is 0.571. The molecule has 0 fully saturated rings. The Morgan fingerprint density at radius 2 is 2.31 bits per heavy atom. The zero-order chi connectivity index (χ0) is 9.90. The number of thiazole rings is 1. The van der Waals surface area contributed by atoms with Crippen LogP contribution in [0, 0.1) is 0 Å². The lowest BCUT2D eigenvalue weighted by atomic mass is 10.3. The van der Waals surface area contributed by atoms with Crippen LogP contribution in [-0.2, 0) is 22.2 Å². The Labute approximate surface area is 81.9 Å². The van der Waals surface area contributed by atoms with Gasteiger partial charge in [0, 0.05) is 5.38 Å². The number of aromatic nitrogens is 1. The van der Waals surface area contributed by atoms with Crippen LogP contribution in [0.15, 0.2) is 5.38 Å². The van der Waals surface area contributed by atoms with Crippen LogP contribution in [0.5, 0.6) is 0 Å². The van der Waals surface area contributed by atoms with Gasteiger partial charge in [0.2, 0.25) is 10.0 Å². The Hall–Kier alpha value is -0.460. The number of nitrogens with two attached hydrogens (primary N) is 1. The van der Waals surface area contributed by atoms with E-state index < -0.39 is 10.0 Å². The van der Waals surface area contributed by atoms with Crippen molar-refractivity contribution in [2.45, 2.75) is 25.5 Å². The summed E-state index contributed by atoms with van der Waals surface area (Å²) in [6, 6.07) is 0. The highest BCUT2D eigenvalue weighted by Gasteiger charge is 2.08. The van der Waals surface area contributed by atoms with Gasteiger partial charge in [0.05, 0.1) is 5.69 Å². The number of hydrogen-bond acceptors (Lipinski definition) is 4. The van der Waals surface area contributed by atoms with Crippen LogP contribution in [0.3, 0.4) is 0 Å². The van der Waals surface area contributed by atoms with Gasteiger partial charge < -0.3 is 0 Å². The standard InChI is InChI=1S/C7H12N2O2S2/c1-2-3-6-4-12-7(9-6)5-13(8,10)11/h4H,2-3,5H2,1H3,(H2,8,10,11). The number of sulfonamides is 1. The van der Waals surface area contributed by atoms with E-state index in [0.29, 0.717) is 5.01 Å². The lowest BCUT2D eigenvalue weighted by molar-refractivity contribution is 0.597. The summed E-state index contributed by atoms with van der Waals surface area (Å²) in [5.41, 5.74) is 0.950. The highest BCUT2D eigenvalue weighted by Crippen LogP contribution is 2.12. The van der Waals surface area contributed by atoms with Crippen LogP contribution in [-0.4, -0.2) is 13.4 Å². The van der Waals surface area contributed by atoms with Gasteiger partial charge in [0.15, 0.2) is 0 Å². The molecule has 0 unspecified atom stereocenters. The molecule has 1 rings (SSSR count). The Kier molecular flexibility index (Phi) is 3.40. The molecule has 0 aromatic carbocycles. The summed E-state index contributed by atoms with van der Waals surface area (Å²) >= 11 is 1.35. The molecule has 0 aliphatic carbocycles. The molecule has 0 amide bonds. The van der Waals surface area contributed by atoms with Crippen LogP contribution in [0.4, 0.5) is 0 Å². The predicted molar refractivity (Wildman–Crippen MR) is 52.9 cm³/mol. The largest absolute Gasteiger partial charge is 0.245 e. The van der Waals surface area contributed by atoms with E-state index in [1.165, 1.54) is 11.3 Å². The third-order valence-corrected chi connectivity index (χ3v) is 3.19. The van der Waals surface area contributed by atoms with Gasteiger partial charge in [-0.15, -0.1) is 11.3 Å². The zero-order valence-corrected chi connectivity index (χ0v) is 8.99. The van der Waals surface area contributed by atoms with Crippen molar-refractivity contribution in [3.05, 3.63) is 16.1 Å². The average Bonchev–Trinajstić information content (AvgIpc) is 2.33. The molecule has 6 heteroatoms. The monoisotopic (exact) mass is 220 g/mol.